The Morgan fingerprint density at radius 1 is 1.35 bits per heavy atom. The highest BCUT2D eigenvalue weighted by atomic mass is 19.1. The molecule has 0 bridgehead atoms. The van der Waals surface area contributed by atoms with Crippen molar-refractivity contribution in [2.24, 2.45) is 4.99 Å². The predicted octanol–water partition coefficient (Wildman–Crippen LogP) is 1.56. The summed E-state index contributed by atoms with van der Waals surface area (Å²) in [5, 5.41) is 6.30. The maximum atomic E-state index is 14.5. The van der Waals surface area contributed by atoms with Crippen LogP contribution in [0.3, 0.4) is 0 Å². The fraction of sp³-hybridized carbons (Fsp3) is 0.462. The maximum absolute atomic E-state index is 14.5. The molecule has 2 N–H and O–H groups in total. The van der Waals surface area contributed by atoms with E-state index in [1.807, 2.05) is 30.3 Å². The second-order valence-electron chi connectivity index (χ2n) is 4.64. The number of hydrogen-bond donors (Lipinski definition) is 2. The number of hydrogen-bond acceptors (Lipinski definition) is 3. The van der Waals surface area contributed by atoms with Crippen LogP contribution in [0.25, 0.3) is 0 Å². The fourth-order valence-electron chi connectivity index (χ4n) is 2.23. The first-order valence-electron chi connectivity index (χ1n) is 6.08. The summed E-state index contributed by atoms with van der Waals surface area (Å²) in [4.78, 5) is 4.30. The molecule has 0 aromatic heterocycles. The molecular formula is C13H16FN3. The second kappa shape index (κ2) is 4.02. The van der Waals surface area contributed by atoms with Crippen LogP contribution in [-0.4, -0.2) is 25.1 Å². The van der Waals surface area contributed by atoms with Crippen molar-refractivity contribution >= 4 is 5.96 Å². The van der Waals surface area contributed by atoms with Gasteiger partial charge in [-0.05, 0) is 12.0 Å². The molecule has 2 aliphatic rings. The van der Waals surface area contributed by atoms with Gasteiger partial charge >= 0.3 is 0 Å². The third kappa shape index (κ3) is 1.99. The van der Waals surface area contributed by atoms with E-state index in [2.05, 4.69) is 15.6 Å². The first-order chi connectivity index (χ1) is 8.29. The molecule has 3 rings (SSSR count). The van der Waals surface area contributed by atoms with E-state index in [-0.39, 0.29) is 6.04 Å². The van der Waals surface area contributed by atoms with Gasteiger partial charge in [-0.15, -0.1) is 0 Å². The zero-order valence-corrected chi connectivity index (χ0v) is 9.62. The summed E-state index contributed by atoms with van der Waals surface area (Å²) in [7, 11) is 0. The molecule has 0 radical (unpaired) electrons. The Labute approximate surface area is 100 Å². The van der Waals surface area contributed by atoms with Crippen molar-refractivity contribution in [2.75, 3.05) is 13.1 Å². The lowest BCUT2D eigenvalue weighted by Crippen LogP contribution is -2.43. The molecule has 17 heavy (non-hydrogen) atoms. The smallest absolute Gasteiger partial charge is 0.191 e. The van der Waals surface area contributed by atoms with Crippen LogP contribution in [0.15, 0.2) is 35.3 Å². The molecule has 1 saturated carbocycles. The highest BCUT2D eigenvalue weighted by Gasteiger charge is 2.57. The average molecular weight is 233 g/mol. The highest BCUT2D eigenvalue weighted by molar-refractivity contribution is 5.81. The van der Waals surface area contributed by atoms with E-state index in [9.17, 15) is 4.39 Å². The lowest BCUT2D eigenvalue weighted by molar-refractivity contribution is 0.300. The van der Waals surface area contributed by atoms with E-state index in [1.54, 1.807) is 0 Å². The van der Waals surface area contributed by atoms with E-state index < -0.39 is 5.67 Å². The van der Waals surface area contributed by atoms with E-state index in [1.165, 1.54) is 0 Å². The summed E-state index contributed by atoms with van der Waals surface area (Å²) in [6.45, 7) is 1.75. The van der Waals surface area contributed by atoms with Crippen molar-refractivity contribution in [3.63, 3.8) is 0 Å². The van der Waals surface area contributed by atoms with Gasteiger partial charge in [0.15, 0.2) is 11.6 Å². The van der Waals surface area contributed by atoms with Gasteiger partial charge < -0.3 is 10.6 Å². The Morgan fingerprint density at radius 2 is 2.18 bits per heavy atom. The quantitative estimate of drug-likeness (QED) is 0.813. The summed E-state index contributed by atoms with van der Waals surface area (Å²) in [5.41, 5.74) is -0.461. The largest absolute Gasteiger partial charge is 0.356 e. The van der Waals surface area contributed by atoms with Crippen molar-refractivity contribution < 1.29 is 4.39 Å². The molecule has 2 atom stereocenters. The molecule has 1 heterocycles. The predicted molar refractivity (Wildman–Crippen MR) is 65.7 cm³/mol. The number of benzene rings is 1. The summed E-state index contributed by atoms with van der Waals surface area (Å²) in [6.07, 6.45) is 1.58. The number of rotatable bonds is 2. The number of aliphatic imine (C=N–C) groups is 1. The van der Waals surface area contributed by atoms with Crippen LogP contribution in [-0.2, 0) is 5.67 Å². The number of guanidine groups is 1. The Hall–Kier alpha value is -1.58. The van der Waals surface area contributed by atoms with Crippen molar-refractivity contribution in [2.45, 2.75) is 24.6 Å². The van der Waals surface area contributed by atoms with Crippen LogP contribution in [0.1, 0.15) is 18.4 Å². The normalized spacial score (nSPS) is 31.4. The number of nitrogens with one attached hydrogen (secondary N) is 2. The van der Waals surface area contributed by atoms with E-state index in [4.69, 9.17) is 0 Å². The van der Waals surface area contributed by atoms with Gasteiger partial charge in [-0.1, -0.05) is 30.3 Å². The van der Waals surface area contributed by atoms with Crippen molar-refractivity contribution in [3.05, 3.63) is 35.9 Å². The highest BCUT2D eigenvalue weighted by Crippen LogP contribution is 2.49. The molecule has 4 heteroatoms. The van der Waals surface area contributed by atoms with Gasteiger partial charge in [0.25, 0.3) is 0 Å². The third-order valence-electron chi connectivity index (χ3n) is 3.36. The van der Waals surface area contributed by atoms with Crippen LogP contribution in [0.5, 0.6) is 0 Å². The van der Waals surface area contributed by atoms with Gasteiger partial charge in [-0.25, -0.2) is 4.39 Å². The van der Waals surface area contributed by atoms with Gasteiger partial charge in [0.2, 0.25) is 0 Å². The van der Waals surface area contributed by atoms with Gasteiger partial charge in [0.1, 0.15) is 0 Å². The number of halogens is 1. The summed E-state index contributed by atoms with van der Waals surface area (Å²) >= 11 is 0. The van der Waals surface area contributed by atoms with Crippen LogP contribution in [0.2, 0.25) is 0 Å². The second-order valence-corrected chi connectivity index (χ2v) is 4.64. The molecule has 1 aromatic rings. The molecule has 1 aliphatic carbocycles. The SMILES string of the molecule is FC1(c2ccccc2)CC1NC1=NCCCN1. The Balaban J connectivity index is 1.67. The van der Waals surface area contributed by atoms with Crippen LogP contribution in [0.4, 0.5) is 4.39 Å². The van der Waals surface area contributed by atoms with Gasteiger partial charge in [-0.2, -0.15) is 0 Å². The molecule has 90 valence electrons. The lowest BCUT2D eigenvalue weighted by Gasteiger charge is -2.17. The van der Waals surface area contributed by atoms with Crippen LogP contribution >= 0.6 is 0 Å². The third-order valence-corrected chi connectivity index (χ3v) is 3.36. The summed E-state index contributed by atoms with van der Waals surface area (Å²) in [5.74, 6) is 0.747. The molecule has 3 nitrogen and oxygen atoms in total. The fourth-order valence-corrected chi connectivity index (χ4v) is 2.23. The molecule has 0 amide bonds. The van der Waals surface area contributed by atoms with Gasteiger partial charge in [0.05, 0.1) is 6.04 Å². The molecule has 1 aromatic carbocycles. The van der Waals surface area contributed by atoms with Crippen LogP contribution < -0.4 is 10.6 Å². The van der Waals surface area contributed by atoms with Gasteiger partial charge in [-0.3, -0.25) is 4.99 Å². The zero-order valence-electron chi connectivity index (χ0n) is 9.62. The Bertz CT molecular complexity index is 432. The molecule has 0 saturated heterocycles. The van der Waals surface area contributed by atoms with E-state index in [0.29, 0.717) is 6.42 Å². The van der Waals surface area contributed by atoms with Crippen molar-refractivity contribution in [1.82, 2.24) is 10.6 Å². The van der Waals surface area contributed by atoms with Crippen LogP contribution in [0, 0.1) is 0 Å². The van der Waals surface area contributed by atoms with E-state index in [0.717, 1.165) is 31.0 Å². The first kappa shape index (κ1) is 10.6. The summed E-state index contributed by atoms with van der Waals surface area (Å²) < 4.78 is 14.5. The standard InChI is InChI=1S/C13H16FN3/c14-13(10-5-2-1-3-6-10)9-11(13)17-12-15-7-4-8-16-12/h1-3,5-6,11H,4,7-9H2,(H2,15,16,17). The van der Waals surface area contributed by atoms with Crippen molar-refractivity contribution in [3.8, 4) is 0 Å². The molecule has 1 fully saturated rings. The Morgan fingerprint density at radius 3 is 2.88 bits per heavy atom. The minimum atomic E-state index is -1.22. The molecule has 2 unspecified atom stereocenters. The Kier molecular flexibility index (Phi) is 2.50. The minimum absolute atomic E-state index is 0.144. The minimum Gasteiger partial charge on any atom is -0.356 e. The zero-order chi connectivity index (χ0) is 11.7. The average Bonchev–Trinajstić information content (AvgIpc) is 3.04. The van der Waals surface area contributed by atoms with Crippen molar-refractivity contribution in [1.29, 1.82) is 0 Å². The maximum Gasteiger partial charge on any atom is 0.191 e. The number of alkyl halides is 1. The first-order valence-corrected chi connectivity index (χ1v) is 6.08. The molecular weight excluding hydrogens is 217 g/mol. The summed E-state index contributed by atoms with van der Waals surface area (Å²) in [6, 6.07) is 9.21. The monoisotopic (exact) mass is 233 g/mol. The van der Waals surface area contributed by atoms with E-state index >= 15 is 0 Å². The topological polar surface area (TPSA) is 36.4 Å². The lowest BCUT2D eigenvalue weighted by atomic mass is 10.1. The number of nitrogens with zero attached hydrogens (tertiary/aromatic N) is 1. The molecule has 1 aliphatic heterocycles. The van der Waals surface area contributed by atoms with Gasteiger partial charge in [0, 0.05) is 19.5 Å². The molecule has 0 spiro atoms.